The summed E-state index contributed by atoms with van der Waals surface area (Å²) in [4.78, 5) is 4.68. The number of rotatable bonds is 1. The predicted octanol–water partition coefficient (Wildman–Crippen LogP) is 4.57. The Hall–Kier alpha value is -2.09. The number of para-hydroxylation sites is 2. The summed E-state index contributed by atoms with van der Waals surface area (Å²) < 4.78 is 2.14. The van der Waals surface area contributed by atoms with E-state index in [1.807, 2.05) is 32.0 Å². The summed E-state index contributed by atoms with van der Waals surface area (Å²) in [6.45, 7) is 6.10. The Balaban J connectivity index is 0.000000637. The van der Waals surface area contributed by atoms with Crippen molar-refractivity contribution in [2.24, 2.45) is 7.05 Å². The molecular formula is C17H20N2. The van der Waals surface area contributed by atoms with Gasteiger partial charge in [-0.05, 0) is 19.1 Å². The van der Waals surface area contributed by atoms with Crippen LogP contribution in [0.25, 0.3) is 22.4 Å². The molecule has 0 aliphatic carbocycles. The fourth-order valence-electron chi connectivity index (χ4n) is 2.11. The molecule has 0 aliphatic rings. The van der Waals surface area contributed by atoms with E-state index in [0.717, 1.165) is 16.9 Å². The van der Waals surface area contributed by atoms with Gasteiger partial charge in [-0.25, -0.2) is 4.98 Å². The van der Waals surface area contributed by atoms with Crippen molar-refractivity contribution >= 4 is 11.0 Å². The first-order chi connectivity index (χ1) is 9.25. The molecule has 0 saturated carbocycles. The Kier molecular flexibility index (Phi) is 4.00. The number of aryl methyl sites for hydroxylation is 2. The van der Waals surface area contributed by atoms with Gasteiger partial charge in [0.25, 0.3) is 0 Å². The van der Waals surface area contributed by atoms with Gasteiger partial charge in [0.05, 0.1) is 11.0 Å². The van der Waals surface area contributed by atoms with Gasteiger partial charge in [-0.2, -0.15) is 0 Å². The zero-order chi connectivity index (χ0) is 13.8. The van der Waals surface area contributed by atoms with Crippen LogP contribution in [0.4, 0.5) is 0 Å². The number of nitrogens with zero attached hydrogens (tertiary/aromatic N) is 2. The van der Waals surface area contributed by atoms with E-state index < -0.39 is 0 Å². The SMILES string of the molecule is CC.Cc1ccc(-c2nc3ccccc3n2C)cc1. The van der Waals surface area contributed by atoms with Crippen LogP contribution in [-0.4, -0.2) is 9.55 Å². The smallest absolute Gasteiger partial charge is 0.140 e. The third-order valence-electron chi connectivity index (χ3n) is 3.10. The second-order valence-corrected chi connectivity index (χ2v) is 4.35. The van der Waals surface area contributed by atoms with Crippen LogP contribution in [0.2, 0.25) is 0 Å². The molecule has 2 aromatic carbocycles. The number of benzene rings is 2. The van der Waals surface area contributed by atoms with Crippen molar-refractivity contribution in [1.29, 1.82) is 0 Å². The maximum Gasteiger partial charge on any atom is 0.140 e. The second kappa shape index (κ2) is 5.70. The summed E-state index contributed by atoms with van der Waals surface area (Å²) in [5, 5.41) is 0. The summed E-state index contributed by atoms with van der Waals surface area (Å²) >= 11 is 0. The molecule has 0 spiro atoms. The summed E-state index contributed by atoms with van der Waals surface area (Å²) in [5.41, 5.74) is 4.65. The van der Waals surface area contributed by atoms with Gasteiger partial charge in [0.15, 0.2) is 0 Å². The Morgan fingerprint density at radius 2 is 1.53 bits per heavy atom. The molecule has 0 N–H and O–H groups in total. The van der Waals surface area contributed by atoms with Crippen molar-refractivity contribution in [1.82, 2.24) is 9.55 Å². The van der Waals surface area contributed by atoms with E-state index in [-0.39, 0.29) is 0 Å². The lowest BCUT2D eigenvalue weighted by Crippen LogP contribution is -1.92. The molecule has 0 saturated heterocycles. The summed E-state index contributed by atoms with van der Waals surface area (Å²) in [7, 11) is 2.06. The largest absolute Gasteiger partial charge is 0.327 e. The van der Waals surface area contributed by atoms with Crippen LogP contribution in [0, 0.1) is 6.92 Å². The second-order valence-electron chi connectivity index (χ2n) is 4.35. The molecule has 2 heteroatoms. The van der Waals surface area contributed by atoms with Crippen LogP contribution in [-0.2, 0) is 7.05 Å². The highest BCUT2D eigenvalue weighted by molar-refractivity contribution is 5.80. The molecule has 0 atom stereocenters. The normalized spacial score (nSPS) is 10.1. The standard InChI is InChI=1S/C15H14N2.C2H6/c1-11-7-9-12(10-8-11)15-16-13-5-3-4-6-14(13)17(15)2;1-2/h3-10H,1-2H3;1-2H3. The van der Waals surface area contributed by atoms with Gasteiger partial charge in [0.2, 0.25) is 0 Å². The van der Waals surface area contributed by atoms with E-state index in [1.54, 1.807) is 0 Å². The monoisotopic (exact) mass is 252 g/mol. The van der Waals surface area contributed by atoms with Crippen LogP contribution >= 0.6 is 0 Å². The molecule has 1 aromatic heterocycles. The first-order valence-electron chi connectivity index (χ1n) is 6.74. The van der Waals surface area contributed by atoms with Crippen LogP contribution in [0.3, 0.4) is 0 Å². The predicted molar refractivity (Wildman–Crippen MR) is 82.2 cm³/mol. The first-order valence-corrected chi connectivity index (χ1v) is 6.74. The average molecular weight is 252 g/mol. The Morgan fingerprint density at radius 1 is 0.895 bits per heavy atom. The average Bonchev–Trinajstić information content (AvgIpc) is 2.80. The topological polar surface area (TPSA) is 17.8 Å². The minimum absolute atomic E-state index is 1.02. The minimum atomic E-state index is 1.02. The molecule has 3 rings (SSSR count). The highest BCUT2D eigenvalue weighted by Gasteiger charge is 2.08. The highest BCUT2D eigenvalue weighted by Crippen LogP contribution is 2.23. The molecule has 2 nitrogen and oxygen atoms in total. The fraction of sp³-hybridized carbons (Fsp3) is 0.235. The van der Waals surface area contributed by atoms with E-state index in [2.05, 4.69) is 53.9 Å². The number of fused-ring (bicyclic) bond motifs is 1. The quantitative estimate of drug-likeness (QED) is 0.620. The molecule has 0 fully saturated rings. The molecule has 0 radical (unpaired) electrons. The van der Waals surface area contributed by atoms with Crippen LogP contribution in [0.5, 0.6) is 0 Å². The summed E-state index contributed by atoms with van der Waals surface area (Å²) in [6.07, 6.45) is 0. The number of aromatic nitrogens is 2. The van der Waals surface area contributed by atoms with E-state index in [0.29, 0.717) is 0 Å². The van der Waals surface area contributed by atoms with Crippen molar-refractivity contribution in [2.45, 2.75) is 20.8 Å². The molecule has 3 aromatic rings. The van der Waals surface area contributed by atoms with Crippen molar-refractivity contribution in [3.05, 3.63) is 54.1 Å². The maximum atomic E-state index is 4.68. The van der Waals surface area contributed by atoms with E-state index in [9.17, 15) is 0 Å². The van der Waals surface area contributed by atoms with Gasteiger partial charge >= 0.3 is 0 Å². The van der Waals surface area contributed by atoms with Crippen LogP contribution in [0.1, 0.15) is 19.4 Å². The molecule has 0 aliphatic heterocycles. The Bertz CT molecular complexity index is 663. The molecular weight excluding hydrogens is 232 g/mol. The third-order valence-corrected chi connectivity index (χ3v) is 3.10. The van der Waals surface area contributed by atoms with Gasteiger partial charge in [0.1, 0.15) is 5.82 Å². The molecule has 98 valence electrons. The van der Waals surface area contributed by atoms with Crippen molar-refractivity contribution in [3.63, 3.8) is 0 Å². The highest BCUT2D eigenvalue weighted by atomic mass is 15.1. The van der Waals surface area contributed by atoms with E-state index in [4.69, 9.17) is 0 Å². The van der Waals surface area contributed by atoms with Crippen molar-refractivity contribution in [2.75, 3.05) is 0 Å². The number of hydrogen-bond donors (Lipinski definition) is 0. The van der Waals surface area contributed by atoms with Gasteiger partial charge in [-0.3, -0.25) is 0 Å². The lowest BCUT2D eigenvalue weighted by Gasteiger charge is -2.02. The third kappa shape index (κ3) is 2.53. The molecule has 19 heavy (non-hydrogen) atoms. The van der Waals surface area contributed by atoms with Crippen molar-refractivity contribution < 1.29 is 0 Å². The molecule has 0 bridgehead atoms. The van der Waals surface area contributed by atoms with E-state index >= 15 is 0 Å². The Labute approximate surface area is 114 Å². The molecule has 0 amide bonds. The van der Waals surface area contributed by atoms with Gasteiger partial charge in [-0.15, -0.1) is 0 Å². The maximum absolute atomic E-state index is 4.68. The summed E-state index contributed by atoms with van der Waals surface area (Å²) in [6, 6.07) is 16.7. The van der Waals surface area contributed by atoms with Gasteiger partial charge in [0, 0.05) is 12.6 Å². The molecule has 1 heterocycles. The van der Waals surface area contributed by atoms with E-state index in [1.165, 1.54) is 11.1 Å². The zero-order valence-corrected chi connectivity index (χ0v) is 12.0. The fourth-order valence-corrected chi connectivity index (χ4v) is 2.11. The minimum Gasteiger partial charge on any atom is -0.327 e. The first kappa shape index (κ1) is 13.3. The number of imidazole rings is 1. The van der Waals surface area contributed by atoms with Gasteiger partial charge in [-0.1, -0.05) is 55.8 Å². The van der Waals surface area contributed by atoms with Crippen LogP contribution < -0.4 is 0 Å². The lowest BCUT2D eigenvalue weighted by atomic mass is 10.1. The Morgan fingerprint density at radius 3 is 2.16 bits per heavy atom. The molecule has 0 unspecified atom stereocenters. The van der Waals surface area contributed by atoms with Crippen LogP contribution in [0.15, 0.2) is 48.5 Å². The number of hydrogen-bond acceptors (Lipinski definition) is 1. The summed E-state index contributed by atoms with van der Waals surface area (Å²) in [5.74, 6) is 1.02. The lowest BCUT2D eigenvalue weighted by molar-refractivity contribution is 0.959. The van der Waals surface area contributed by atoms with Gasteiger partial charge < -0.3 is 4.57 Å². The van der Waals surface area contributed by atoms with Crippen molar-refractivity contribution in [3.8, 4) is 11.4 Å². The zero-order valence-electron chi connectivity index (χ0n) is 12.0.